The van der Waals surface area contributed by atoms with Crippen LogP contribution in [0.25, 0.3) is 0 Å². The molecule has 0 radical (unpaired) electrons. The second kappa shape index (κ2) is 6.47. The number of piperidine rings is 1. The Balaban J connectivity index is 2.02. The van der Waals surface area contributed by atoms with Crippen molar-refractivity contribution in [3.63, 3.8) is 0 Å². The van der Waals surface area contributed by atoms with E-state index in [0.717, 1.165) is 38.1 Å². The molecule has 1 fully saturated rings. The van der Waals surface area contributed by atoms with Crippen LogP contribution in [0.15, 0.2) is 24.3 Å². The molecular weight excluding hydrogens is 281 g/mol. The molecule has 0 aliphatic carbocycles. The van der Waals surface area contributed by atoms with Crippen molar-refractivity contribution in [3.05, 3.63) is 29.8 Å². The number of hydrogen-bond acceptors (Lipinski definition) is 2. The molecule has 0 spiro atoms. The largest absolute Gasteiger partial charge is 0.416 e. The fourth-order valence-corrected chi connectivity index (χ4v) is 2.49. The van der Waals surface area contributed by atoms with Gasteiger partial charge in [-0.15, -0.1) is 0 Å². The van der Waals surface area contributed by atoms with Crippen LogP contribution in [0.3, 0.4) is 0 Å². The van der Waals surface area contributed by atoms with Gasteiger partial charge in [0.2, 0.25) is 5.91 Å². The predicted octanol–water partition coefficient (Wildman–Crippen LogP) is 3.52. The van der Waals surface area contributed by atoms with E-state index < -0.39 is 11.7 Å². The van der Waals surface area contributed by atoms with Crippen molar-refractivity contribution in [2.24, 2.45) is 0 Å². The van der Waals surface area contributed by atoms with Crippen molar-refractivity contribution in [2.45, 2.75) is 38.4 Å². The molecule has 1 saturated heterocycles. The molecule has 116 valence electrons. The number of halogens is 3. The van der Waals surface area contributed by atoms with E-state index in [0.29, 0.717) is 0 Å². The molecule has 0 saturated carbocycles. The number of benzene rings is 1. The van der Waals surface area contributed by atoms with E-state index in [1.54, 1.807) is 6.92 Å². The molecule has 1 aliphatic heterocycles. The topological polar surface area (TPSA) is 32.3 Å². The van der Waals surface area contributed by atoms with Crippen molar-refractivity contribution in [1.82, 2.24) is 4.90 Å². The number of anilines is 1. The third kappa shape index (κ3) is 4.20. The van der Waals surface area contributed by atoms with Crippen molar-refractivity contribution in [2.75, 3.05) is 18.4 Å². The number of nitrogens with zero attached hydrogens (tertiary/aromatic N) is 1. The maximum Gasteiger partial charge on any atom is 0.416 e. The number of hydrogen-bond donors (Lipinski definition) is 1. The zero-order valence-electron chi connectivity index (χ0n) is 11.9. The summed E-state index contributed by atoms with van der Waals surface area (Å²) in [5, 5.41) is 2.57. The van der Waals surface area contributed by atoms with E-state index in [1.807, 2.05) is 0 Å². The van der Waals surface area contributed by atoms with Crippen molar-refractivity contribution in [1.29, 1.82) is 0 Å². The SMILES string of the molecule is C[C@@H](C(=O)Nc1cccc(C(F)(F)F)c1)N1CCCCC1. The highest BCUT2D eigenvalue weighted by Crippen LogP contribution is 2.30. The predicted molar refractivity (Wildman–Crippen MR) is 75.0 cm³/mol. The van der Waals surface area contributed by atoms with Crippen LogP contribution in [0.2, 0.25) is 0 Å². The quantitative estimate of drug-likeness (QED) is 0.926. The van der Waals surface area contributed by atoms with Gasteiger partial charge < -0.3 is 5.32 Å². The molecule has 0 aromatic heterocycles. The monoisotopic (exact) mass is 300 g/mol. The Labute approximate surface area is 122 Å². The van der Waals surface area contributed by atoms with Gasteiger partial charge in [-0.05, 0) is 51.1 Å². The smallest absolute Gasteiger partial charge is 0.325 e. The van der Waals surface area contributed by atoms with Crippen LogP contribution in [0.1, 0.15) is 31.7 Å². The number of carbonyl (C=O) groups is 1. The summed E-state index contributed by atoms with van der Waals surface area (Å²) in [4.78, 5) is 14.2. The molecule has 1 amide bonds. The molecule has 21 heavy (non-hydrogen) atoms. The Morgan fingerprint density at radius 1 is 1.24 bits per heavy atom. The molecule has 1 aliphatic rings. The average molecular weight is 300 g/mol. The zero-order chi connectivity index (χ0) is 15.5. The number of alkyl halides is 3. The van der Waals surface area contributed by atoms with Gasteiger partial charge in [0, 0.05) is 5.69 Å². The standard InChI is InChI=1S/C15H19F3N2O/c1-11(20-8-3-2-4-9-20)14(21)19-13-7-5-6-12(10-13)15(16,17)18/h5-7,10-11H,2-4,8-9H2,1H3,(H,19,21)/t11-/m0/s1. The Bertz CT molecular complexity index is 496. The Hall–Kier alpha value is -1.56. The molecule has 1 N–H and O–H groups in total. The lowest BCUT2D eigenvalue weighted by molar-refractivity contribution is -0.137. The minimum Gasteiger partial charge on any atom is -0.325 e. The van der Waals surface area contributed by atoms with Crippen molar-refractivity contribution < 1.29 is 18.0 Å². The third-order valence-electron chi connectivity index (χ3n) is 3.78. The van der Waals surface area contributed by atoms with Gasteiger partial charge in [-0.25, -0.2) is 0 Å². The molecule has 1 heterocycles. The molecule has 1 atom stereocenters. The van der Waals surface area contributed by atoms with E-state index in [4.69, 9.17) is 0 Å². The number of rotatable bonds is 3. The molecule has 6 heteroatoms. The van der Waals surface area contributed by atoms with Crippen molar-refractivity contribution in [3.8, 4) is 0 Å². The summed E-state index contributed by atoms with van der Waals surface area (Å²) in [6.45, 7) is 3.50. The molecule has 2 rings (SSSR count). The van der Waals surface area contributed by atoms with E-state index in [-0.39, 0.29) is 17.6 Å². The minimum absolute atomic E-state index is 0.179. The molecule has 0 unspecified atom stereocenters. The summed E-state index contributed by atoms with van der Waals surface area (Å²) >= 11 is 0. The van der Waals surface area contributed by atoms with Gasteiger partial charge in [0.25, 0.3) is 0 Å². The van der Waals surface area contributed by atoms with Gasteiger partial charge >= 0.3 is 6.18 Å². The van der Waals surface area contributed by atoms with E-state index in [1.165, 1.54) is 18.6 Å². The second-order valence-corrected chi connectivity index (χ2v) is 5.34. The van der Waals surface area contributed by atoms with E-state index in [9.17, 15) is 18.0 Å². The fraction of sp³-hybridized carbons (Fsp3) is 0.533. The van der Waals surface area contributed by atoms with Crippen molar-refractivity contribution >= 4 is 11.6 Å². The first-order valence-electron chi connectivity index (χ1n) is 7.10. The minimum atomic E-state index is -4.40. The summed E-state index contributed by atoms with van der Waals surface area (Å²) in [7, 11) is 0. The van der Waals surface area contributed by atoms with Crippen LogP contribution in [0, 0.1) is 0 Å². The average Bonchev–Trinajstić information content (AvgIpc) is 2.47. The molecular formula is C15H19F3N2O. The summed E-state index contributed by atoms with van der Waals surface area (Å²) < 4.78 is 37.9. The second-order valence-electron chi connectivity index (χ2n) is 5.34. The number of likely N-dealkylation sites (tertiary alicyclic amines) is 1. The highest BCUT2D eigenvalue weighted by Gasteiger charge is 2.30. The summed E-state index contributed by atoms with van der Waals surface area (Å²) in [5.41, 5.74) is -0.579. The van der Waals surface area contributed by atoms with Gasteiger partial charge in [0.05, 0.1) is 11.6 Å². The van der Waals surface area contributed by atoms with E-state index >= 15 is 0 Å². The first kappa shape index (κ1) is 15.8. The maximum absolute atomic E-state index is 12.6. The van der Waals surface area contributed by atoms with Gasteiger partial charge in [0.15, 0.2) is 0 Å². The highest BCUT2D eigenvalue weighted by atomic mass is 19.4. The fourth-order valence-electron chi connectivity index (χ4n) is 2.49. The van der Waals surface area contributed by atoms with Gasteiger partial charge in [-0.2, -0.15) is 13.2 Å². The molecule has 0 bridgehead atoms. The number of amides is 1. The summed E-state index contributed by atoms with van der Waals surface area (Å²) in [6.07, 6.45) is -1.12. The van der Waals surface area contributed by atoms with Crippen LogP contribution in [-0.2, 0) is 11.0 Å². The van der Waals surface area contributed by atoms with Crippen LogP contribution in [0.5, 0.6) is 0 Å². The number of carbonyl (C=O) groups excluding carboxylic acids is 1. The lowest BCUT2D eigenvalue weighted by Gasteiger charge is -2.31. The van der Waals surface area contributed by atoms with Crippen LogP contribution < -0.4 is 5.32 Å². The first-order valence-corrected chi connectivity index (χ1v) is 7.10. The van der Waals surface area contributed by atoms with Crippen LogP contribution in [0.4, 0.5) is 18.9 Å². The van der Waals surface area contributed by atoms with Gasteiger partial charge in [-0.1, -0.05) is 12.5 Å². The lowest BCUT2D eigenvalue weighted by Crippen LogP contribution is -2.44. The van der Waals surface area contributed by atoms with Crippen LogP contribution >= 0.6 is 0 Å². The Kier molecular flexibility index (Phi) is 4.88. The van der Waals surface area contributed by atoms with Gasteiger partial charge in [-0.3, -0.25) is 9.69 Å². The van der Waals surface area contributed by atoms with Crippen LogP contribution in [-0.4, -0.2) is 29.9 Å². The zero-order valence-corrected chi connectivity index (χ0v) is 11.9. The van der Waals surface area contributed by atoms with E-state index in [2.05, 4.69) is 10.2 Å². The summed E-state index contributed by atoms with van der Waals surface area (Å²) in [6, 6.07) is 4.38. The summed E-state index contributed by atoms with van der Waals surface area (Å²) in [5.74, 6) is -0.267. The number of nitrogens with one attached hydrogen (secondary N) is 1. The Morgan fingerprint density at radius 2 is 1.90 bits per heavy atom. The highest BCUT2D eigenvalue weighted by molar-refractivity contribution is 5.94. The molecule has 3 nitrogen and oxygen atoms in total. The Morgan fingerprint density at radius 3 is 2.52 bits per heavy atom. The first-order chi connectivity index (χ1) is 9.88. The van der Waals surface area contributed by atoms with Gasteiger partial charge in [0.1, 0.15) is 0 Å². The maximum atomic E-state index is 12.6. The normalized spacial score (nSPS) is 18.3. The third-order valence-corrected chi connectivity index (χ3v) is 3.78. The molecule has 1 aromatic carbocycles. The molecule has 1 aromatic rings. The lowest BCUT2D eigenvalue weighted by atomic mass is 10.1.